The minimum absolute atomic E-state index is 0.0299. The Morgan fingerprint density at radius 3 is 2.00 bits per heavy atom. The zero-order chi connectivity index (χ0) is 21.9. The zero-order valence-electron chi connectivity index (χ0n) is 17.2. The third kappa shape index (κ3) is 4.71. The van der Waals surface area contributed by atoms with E-state index in [-0.39, 0.29) is 34.5 Å². The third-order valence-electron chi connectivity index (χ3n) is 5.30. The molecule has 7 nitrogen and oxygen atoms in total. The molecule has 2 aromatic carbocycles. The molecule has 0 heterocycles. The van der Waals surface area contributed by atoms with E-state index in [9.17, 15) is 18.0 Å². The number of hydrogen-bond acceptors (Lipinski definition) is 6. The molecule has 1 fully saturated rings. The lowest BCUT2D eigenvalue weighted by Crippen LogP contribution is -2.39. The Kier molecular flexibility index (Phi) is 6.58. The summed E-state index contributed by atoms with van der Waals surface area (Å²) in [5, 5.41) is 0. The second-order valence-corrected chi connectivity index (χ2v) is 9.23. The van der Waals surface area contributed by atoms with Crippen LogP contribution in [0.4, 0.5) is 0 Å². The third-order valence-corrected chi connectivity index (χ3v) is 7.21. The highest BCUT2D eigenvalue weighted by atomic mass is 32.2. The van der Waals surface area contributed by atoms with Crippen molar-refractivity contribution in [2.75, 3.05) is 14.2 Å². The lowest BCUT2D eigenvalue weighted by Gasteiger charge is -2.29. The first-order valence-corrected chi connectivity index (χ1v) is 11.1. The summed E-state index contributed by atoms with van der Waals surface area (Å²) >= 11 is 0. The number of methoxy groups -OCH3 is 2. The zero-order valence-corrected chi connectivity index (χ0v) is 18.0. The van der Waals surface area contributed by atoms with Gasteiger partial charge in [-0.05, 0) is 49.4 Å². The minimum atomic E-state index is -4.01. The van der Waals surface area contributed by atoms with Gasteiger partial charge < -0.3 is 9.47 Å². The lowest BCUT2D eigenvalue weighted by atomic mass is 10.1. The number of esters is 2. The van der Waals surface area contributed by atoms with Gasteiger partial charge >= 0.3 is 11.9 Å². The maximum atomic E-state index is 13.7. The van der Waals surface area contributed by atoms with Crippen LogP contribution in [-0.2, 0) is 26.0 Å². The molecular formula is C22H25NO6S. The summed E-state index contributed by atoms with van der Waals surface area (Å²) < 4.78 is 38.2. The predicted molar refractivity (Wildman–Crippen MR) is 110 cm³/mol. The van der Waals surface area contributed by atoms with E-state index in [1.165, 1.54) is 36.7 Å². The summed E-state index contributed by atoms with van der Waals surface area (Å²) in [4.78, 5) is 24.0. The second-order valence-electron chi connectivity index (χ2n) is 7.34. The van der Waals surface area contributed by atoms with Crippen molar-refractivity contribution in [3.8, 4) is 0 Å². The highest BCUT2D eigenvalue weighted by Crippen LogP contribution is 2.38. The number of rotatable bonds is 8. The van der Waals surface area contributed by atoms with Gasteiger partial charge in [-0.2, -0.15) is 4.31 Å². The Morgan fingerprint density at radius 1 is 1.00 bits per heavy atom. The number of carbonyl (C=O) groups excluding carboxylic acids is 2. The van der Waals surface area contributed by atoms with Gasteiger partial charge in [0.05, 0.1) is 30.2 Å². The van der Waals surface area contributed by atoms with Crippen LogP contribution in [0.2, 0.25) is 0 Å². The molecule has 2 aromatic rings. The topological polar surface area (TPSA) is 90.0 Å². The van der Waals surface area contributed by atoms with Crippen LogP contribution in [0, 0.1) is 5.92 Å². The Bertz CT molecular complexity index is 997. The van der Waals surface area contributed by atoms with Gasteiger partial charge in [-0.15, -0.1) is 0 Å². The molecule has 1 unspecified atom stereocenters. The molecule has 1 atom stereocenters. The van der Waals surface area contributed by atoms with E-state index in [2.05, 4.69) is 0 Å². The van der Waals surface area contributed by atoms with Crippen LogP contribution >= 0.6 is 0 Å². The monoisotopic (exact) mass is 431 g/mol. The molecule has 0 spiro atoms. The molecular weight excluding hydrogens is 406 g/mol. The average Bonchev–Trinajstić information content (AvgIpc) is 3.61. The van der Waals surface area contributed by atoms with Gasteiger partial charge in [0.15, 0.2) is 0 Å². The second kappa shape index (κ2) is 8.97. The fourth-order valence-corrected chi connectivity index (χ4v) is 5.13. The van der Waals surface area contributed by atoms with Crippen LogP contribution in [0.5, 0.6) is 0 Å². The smallest absolute Gasteiger partial charge is 0.337 e. The Balaban J connectivity index is 2.09. The molecule has 0 aromatic heterocycles. The number of ether oxygens (including phenoxy) is 2. The molecule has 160 valence electrons. The van der Waals surface area contributed by atoms with E-state index in [1.807, 2.05) is 37.3 Å². The Hall–Kier alpha value is -2.71. The Morgan fingerprint density at radius 2 is 1.53 bits per heavy atom. The highest BCUT2D eigenvalue weighted by molar-refractivity contribution is 7.89. The molecule has 0 aliphatic heterocycles. The fourth-order valence-electron chi connectivity index (χ4n) is 3.38. The van der Waals surface area contributed by atoms with E-state index < -0.39 is 22.0 Å². The van der Waals surface area contributed by atoms with E-state index >= 15 is 0 Å². The number of nitrogens with zero attached hydrogens (tertiary/aromatic N) is 1. The van der Waals surface area contributed by atoms with E-state index in [0.29, 0.717) is 0 Å². The number of sulfonamides is 1. The molecule has 30 heavy (non-hydrogen) atoms. The lowest BCUT2D eigenvalue weighted by molar-refractivity contribution is 0.0598. The molecule has 8 heteroatoms. The van der Waals surface area contributed by atoms with Crippen LogP contribution in [0.1, 0.15) is 46.0 Å². The van der Waals surface area contributed by atoms with Crippen molar-refractivity contribution in [3.05, 3.63) is 65.2 Å². The normalized spacial score (nSPS) is 14.9. The van der Waals surface area contributed by atoms with Crippen LogP contribution in [0.25, 0.3) is 0 Å². The van der Waals surface area contributed by atoms with Crippen molar-refractivity contribution in [2.45, 2.75) is 37.2 Å². The van der Waals surface area contributed by atoms with Crippen LogP contribution in [0.15, 0.2) is 53.4 Å². The van der Waals surface area contributed by atoms with Crippen molar-refractivity contribution < 1.29 is 27.5 Å². The van der Waals surface area contributed by atoms with E-state index in [0.717, 1.165) is 18.4 Å². The first-order valence-electron chi connectivity index (χ1n) is 9.65. The van der Waals surface area contributed by atoms with Crippen LogP contribution < -0.4 is 0 Å². The van der Waals surface area contributed by atoms with Crippen molar-refractivity contribution in [1.29, 1.82) is 0 Å². The summed E-state index contributed by atoms with van der Waals surface area (Å²) in [6, 6.07) is 12.8. The molecule has 1 aliphatic carbocycles. The summed E-state index contributed by atoms with van der Waals surface area (Å²) in [6.45, 7) is 2.08. The van der Waals surface area contributed by atoms with Crippen molar-refractivity contribution in [1.82, 2.24) is 4.31 Å². The van der Waals surface area contributed by atoms with Gasteiger partial charge in [-0.3, -0.25) is 0 Å². The molecule has 1 aliphatic rings. The summed E-state index contributed by atoms with van der Waals surface area (Å²) in [6.07, 6.45) is 1.94. The van der Waals surface area contributed by atoms with Gasteiger partial charge in [0.1, 0.15) is 0 Å². The molecule has 1 saturated carbocycles. The highest BCUT2D eigenvalue weighted by Gasteiger charge is 2.39. The fraction of sp³-hybridized carbons (Fsp3) is 0.364. The average molecular weight is 432 g/mol. The van der Waals surface area contributed by atoms with Gasteiger partial charge in [-0.1, -0.05) is 30.3 Å². The first-order chi connectivity index (χ1) is 14.3. The SMILES string of the molecule is COC(=O)c1cc(C(=O)OC)cc(S(=O)(=O)N(Cc2ccccc2)C(C)C2CC2)c1. The maximum absolute atomic E-state index is 13.7. The van der Waals surface area contributed by atoms with Crippen LogP contribution in [0.3, 0.4) is 0 Å². The number of benzene rings is 2. The van der Waals surface area contributed by atoms with Crippen molar-refractivity contribution >= 4 is 22.0 Å². The molecule has 0 bridgehead atoms. The number of carbonyl (C=O) groups is 2. The first kappa shape index (κ1) is 22.0. The van der Waals surface area contributed by atoms with E-state index in [4.69, 9.17) is 9.47 Å². The quantitative estimate of drug-likeness (QED) is 0.596. The Labute approximate surface area is 176 Å². The molecule has 0 amide bonds. The van der Waals surface area contributed by atoms with Crippen molar-refractivity contribution in [3.63, 3.8) is 0 Å². The molecule has 0 radical (unpaired) electrons. The van der Waals surface area contributed by atoms with E-state index in [1.54, 1.807) is 0 Å². The molecule has 0 saturated heterocycles. The van der Waals surface area contributed by atoms with Gasteiger partial charge in [0.2, 0.25) is 10.0 Å². The predicted octanol–water partition coefficient (Wildman–Crippen LogP) is 3.25. The minimum Gasteiger partial charge on any atom is -0.465 e. The van der Waals surface area contributed by atoms with Crippen LogP contribution in [-0.4, -0.2) is 44.9 Å². The summed E-state index contributed by atoms with van der Waals surface area (Å²) in [7, 11) is -1.63. The maximum Gasteiger partial charge on any atom is 0.337 e. The molecule has 0 N–H and O–H groups in total. The van der Waals surface area contributed by atoms with Gasteiger partial charge in [0, 0.05) is 12.6 Å². The molecule has 3 rings (SSSR count). The largest absolute Gasteiger partial charge is 0.465 e. The van der Waals surface area contributed by atoms with Gasteiger partial charge in [-0.25, -0.2) is 18.0 Å². The summed E-state index contributed by atoms with van der Waals surface area (Å²) in [5.41, 5.74) is 0.793. The standard InChI is InChI=1S/C22H25NO6S/c1-15(17-9-10-17)23(14-16-7-5-4-6-8-16)30(26,27)20-12-18(21(24)28-2)11-19(13-20)22(25)29-3/h4-8,11-13,15,17H,9-10,14H2,1-3H3. The van der Waals surface area contributed by atoms with Crippen molar-refractivity contribution in [2.24, 2.45) is 5.92 Å². The number of hydrogen-bond donors (Lipinski definition) is 0. The summed E-state index contributed by atoms with van der Waals surface area (Å²) in [5.74, 6) is -1.18. The van der Waals surface area contributed by atoms with Gasteiger partial charge in [0.25, 0.3) is 0 Å².